The van der Waals surface area contributed by atoms with Crippen LogP contribution in [0.15, 0.2) is 0 Å². The summed E-state index contributed by atoms with van der Waals surface area (Å²) in [4.78, 5) is 27.3. The van der Waals surface area contributed by atoms with E-state index in [4.69, 9.17) is 9.79 Å². The van der Waals surface area contributed by atoms with Crippen LogP contribution in [0.1, 0.15) is 20.3 Å². The Balaban J connectivity index is 3.86. The van der Waals surface area contributed by atoms with Gasteiger partial charge in [0.25, 0.3) is 0 Å². The van der Waals surface area contributed by atoms with Gasteiger partial charge in [-0.15, -0.1) is 0 Å². The molecule has 0 saturated heterocycles. The lowest BCUT2D eigenvalue weighted by molar-refractivity contribution is -0.120. The minimum atomic E-state index is -4.43. The summed E-state index contributed by atoms with van der Waals surface area (Å²) in [6, 6.07) is -0.356. The fraction of sp³-hybridized carbons (Fsp3) is 0.833. The van der Waals surface area contributed by atoms with Crippen molar-refractivity contribution in [1.29, 1.82) is 0 Å². The largest absolute Gasteiger partial charge is 0.469 e. The summed E-state index contributed by atoms with van der Waals surface area (Å²) in [5.74, 6) is -0.249. The maximum Gasteiger partial charge on any atom is 0.469 e. The quantitative estimate of drug-likeness (QED) is 0.556. The lowest BCUT2D eigenvalue weighted by Gasteiger charge is -2.15. The molecule has 7 heteroatoms. The van der Waals surface area contributed by atoms with Crippen LogP contribution in [-0.2, 0) is 13.9 Å². The molecule has 0 heterocycles. The zero-order chi connectivity index (χ0) is 10.5. The average molecular weight is 211 g/mol. The minimum absolute atomic E-state index is 0.180. The molecule has 13 heavy (non-hydrogen) atoms. The minimum Gasteiger partial charge on any atom is -0.351 e. The van der Waals surface area contributed by atoms with Gasteiger partial charge in [-0.2, -0.15) is 0 Å². The molecule has 0 rings (SSSR count). The van der Waals surface area contributed by atoms with Gasteiger partial charge in [0.2, 0.25) is 5.91 Å². The van der Waals surface area contributed by atoms with Gasteiger partial charge < -0.3 is 15.1 Å². The molecule has 1 atom stereocenters. The van der Waals surface area contributed by atoms with E-state index in [2.05, 4.69) is 9.84 Å². The molecule has 0 saturated carbocycles. The molecule has 0 aromatic carbocycles. The number of carbonyl (C=O) groups excluding carboxylic acids is 1. The molecular formula is C6H14NO5P. The molecule has 0 aliphatic heterocycles. The van der Waals surface area contributed by atoms with Crippen molar-refractivity contribution < 1.29 is 23.7 Å². The van der Waals surface area contributed by atoms with Crippen molar-refractivity contribution in [3.63, 3.8) is 0 Å². The molecule has 0 spiro atoms. The van der Waals surface area contributed by atoms with E-state index in [0.29, 0.717) is 6.42 Å². The van der Waals surface area contributed by atoms with Crippen molar-refractivity contribution in [2.75, 3.05) is 6.61 Å². The summed E-state index contributed by atoms with van der Waals surface area (Å²) in [7, 11) is -4.43. The van der Waals surface area contributed by atoms with E-state index < -0.39 is 7.82 Å². The number of hydrogen-bond acceptors (Lipinski definition) is 3. The van der Waals surface area contributed by atoms with Crippen LogP contribution in [0.2, 0.25) is 0 Å². The average Bonchev–Trinajstić information content (AvgIpc) is 1.95. The zero-order valence-electron chi connectivity index (χ0n) is 7.56. The van der Waals surface area contributed by atoms with E-state index in [1.807, 2.05) is 0 Å². The molecule has 0 aliphatic carbocycles. The second-order valence-corrected chi connectivity index (χ2v) is 3.83. The number of phosphoric acid groups is 1. The molecule has 1 amide bonds. The third-order valence-corrected chi connectivity index (χ3v) is 1.83. The molecule has 3 N–H and O–H groups in total. The highest BCUT2D eigenvalue weighted by Gasteiger charge is 2.17. The molecule has 0 unspecified atom stereocenters. The van der Waals surface area contributed by atoms with Gasteiger partial charge >= 0.3 is 7.82 Å². The smallest absolute Gasteiger partial charge is 0.351 e. The molecule has 0 aliphatic rings. The maximum atomic E-state index is 10.6. The topological polar surface area (TPSA) is 95.9 Å². The van der Waals surface area contributed by atoms with Crippen LogP contribution in [0.3, 0.4) is 0 Å². The molecule has 0 radical (unpaired) electrons. The van der Waals surface area contributed by atoms with Crippen molar-refractivity contribution in [2.24, 2.45) is 0 Å². The van der Waals surface area contributed by atoms with Crippen LogP contribution in [0, 0.1) is 0 Å². The van der Waals surface area contributed by atoms with Crippen LogP contribution in [0.4, 0.5) is 0 Å². The molecule has 0 aromatic heterocycles. The highest BCUT2D eigenvalue weighted by molar-refractivity contribution is 7.46. The third-order valence-electron chi connectivity index (χ3n) is 1.34. The van der Waals surface area contributed by atoms with E-state index in [0.717, 1.165) is 0 Å². The van der Waals surface area contributed by atoms with E-state index in [9.17, 15) is 9.36 Å². The molecule has 78 valence electrons. The van der Waals surface area contributed by atoms with Crippen LogP contribution in [0.5, 0.6) is 0 Å². The Morgan fingerprint density at radius 3 is 2.46 bits per heavy atom. The fourth-order valence-corrected chi connectivity index (χ4v) is 1.11. The Morgan fingerprint density at radius 1 is 1.62 bits per heavy atom. The Morgan fingerprint density at radius 2 is 2.15 bits per heavy atom. The number of phosphoric ester groups is 1. The summed E-state index contributed by atoms with van der Waals surface area (Å²) >= 11 is 0. The van der Waals surface area contributed by atoms with Crippen LogP contribution in [-0.4, -0.2) is 28.3 Å². The van der Waals surface area contributed by atoms with Gasteiger partial charge in [-0.25, -0.2) is 4.57 Å². The van der Waals surface area contributed by atoms with Crippen LogP contribution in [0.25, 0.3) is 0 Å². The number of carbonyl (C=O) groups is 1. The van der Waals surface area contributed by atoms with Gasteiger partial charge in [-0.05, 0) is 6.42 Å². The first-order chi connectivity index (χ1) is 5.85. The molecule has 0 bridgehead atoms. The molecule has 6 nitrogen and oxygen atoms in total. The predicted molar refractivity (Wildman–Crippen MR) is 45.9 cm³/mol. The van der Waals surface area contributed by atoms with Gasteiger partial charge in [-0.3, -0.25) is 9.32 Å². The second-order valence-electron chi connectivity index (χ2n) is 2.59. The van der Waals surface area contributed by atoms with Gasteiger partial charge in [0.1, 0.15) is 0 Å². The van der Waals surface area contributed by atoms with Crippen molar-refractivity contribution in [1.82, 2.24) is 5.32 Å². The van der Waals surface area contributed by atoms with Gasteiger partial charge in [0.15, 0.2) is 0 Å². The maximum absolute atomic E-state index is 10.6. The van der Waals surface area contributed by atoms with Crippen molar-refractivity contribution >= 4 is 13.7 Å². The van der Waals surface area contributed by atoms with Crippen molar-refractivity contribution in [3.8, 4) is 0 Å². The first-order valence-electron chi connectivity index (χ1n) is 3.82. The standard InChI is InChI=1S/C6H14NO5P/c1-3-6(7-5(2)8)4-12-13(9,10)11/h6H,3-4H2,1-2H3,(H,7,8)(H2,9,10,11)/t6-/m0/s1. The Bertz CT molecular complexity index is 213. The van der Waals surface area contributed by atoms with Crippen LogP contribution < -0.4 is 5.32 Å². The molecule has 0 fully saturated rings. The highest BCUT2D eigenvalue weighted by atomic mass is 31.2. The van der Waals surface area contributed by atoms with Gasteiger partial charge in [0, 0.05) is 6.92 Å². The van der Waals surface area contributed by atoms with Crippen LogP contribution >= 0.6 is 7.82 Å². The summed E-state index contributed by atoms with van der Waals surface area (Å²) < 4.78 is 14.5. The zero-order valence-corrected chi connectivity index (χ0v) is 8.45. The van der Waals surface area contributed by atoms with E-state index in [-0.39, 0.29) is 18.6 Å². The Labute approximate surface area is 76.5 Å². The van der Waals surface area contributed by atoms with Crippen molar-refractivity contribution in [3.05, 3.63) is 0 Å². The van der Waals surface area contributed by atoms with E-state index in [1.165, 1.54) is 6.92 Å². The second kappa shape index (κ2) is 5.34. The lowest BCUT2D eigenvalue weighted by atomic mass is 10.2. The fourth-order valence-electron chi connectivity index (χ4n) is 0.736. The first kappa shape index (κ1) is 12.6. The lowest BCUT2D eigenvalue weighted by Crippen LogP contribution is -2.35. The number of rotatable bonds is 5. The van der Waals surface area contributed by atoms with E-state index >= 15 is 0 Å². The molecular weight excluding hydrogens is 197 g/mol. The summed E-state index contributed by atoms with van der Waals surface area (Å²) in [6.45, 7) is 2.93. The number of amides is 1. The Kier molecular flexibility index (Phi) is 5.17. The Hall–Kier alpha value is -0.420. The first-order valence-corrected chi connectivity index (χ1v) is 5.35. The monoisotopic (exact) mass is 211 g/mol. The SMILES string of the molecule is CC[C@@H](COP(=O)(O)O)NC(C)=O. The van der Waals surface area contributed by atoms with Crippen molar-refractivity contribution in [2.45, 2.75) is 26.3 Å². The molecule has 0 aromatic rings. The normalized spacial score (nSPS) is 13.8. The van der Waals surface area contributed by atoms with Gasteiger partial charge in [0.05, 0.1) is 12.6 Å². The number of nitrogens with one attached hydrogen (secondary N) is 1. The third kappa shape index (κ3) is 7.93. The van der Waals surface area contributed by atoms with E-state index in [1.54, 1.807) is 6.92 Å². The number of hydrogen-bond donors (Lipinski definition) is 3. The predicted octanol–water partition coefficient (Wildman–Crippen LogP) is 0.0104. The van der Waals surface area contributed by atoms with Gasteiger partial charge in [-0.1, -0.05) is 6.92 Å². The summed E-state index contributed by atoms with van der Waals surface area (Å²) in [6.07, 6.45) is 0.555. The summed E-state index contributed by atoms with van der Waals surface area (Å²) in [5, 5.41) is 2.49. The highest BCUT2D eigenvalue weighted by Crippen LogP contribution is 2.35. The summed E-state index contributed by atoms with van der Waals surface area (Å²) in [5.41, 5.74) is 0.